The first-order chi connectivity index (χ1) is 5.38. The van der Waals surface area contributed by atoms with E-state index in [0.29, 0.717) is 5.95 Å². The van der Waals surface area contributed by atoms with Gasteiger partial charge in [-0.15, -0.1) is 10.2 Å². The van der Waals surface area contributed by atoms with Crippen LogP contribution in [0, 0.1) is 0 Å². The van der Waals surface area contributed by atoms with E-state index < -0.39 is 0 Å². The summed E-state index contributed by atoms with van der Waals surface area (Å²) in [7, 11) is 0. The van der Waals surface area contributed by atoms with Crippen molar-refractivity contribution < 1.29 is 0 Å². The minimum Gasteiger partial charge on any atom is -0.274 e. The third kappa shape index (κ3) is 1.61. The SMILES string of the molecule is C=CC=Nc1nncn1C=C. The van der Waals surface area contributed by atoms with Gasteiger partial charge in [-0.1, -0.05) is 19.2 Å². The van der Waals surface area contributed by atoms with Gasteiger partial charge >= 0.3 is 0 Å². The Bertz CT molecular complexity index is 284. The highest BCUT2D eigenvalue weighted by Crippen LogP contribution is 2.04. The molecule has 4 heteroatoms. The van der Waals surface area contributed by atoms with Gasteiger partial charge in [-0.3, -0.25) is 4.57 Å². The molecule has 0 fully saturated rings. The molecule has 0 saturated carbocycles. The number of hydrogen-bond acceptors (Lipinski definition) is 3. The smallest absolute Gasteiger partial charge is 0.254 e. The molecule has 0 aliphatic heterocycles. The first-order valence-electron chi connectivity index (χ1n) is 3.05. The van der Waals surface area contributed by atoms with E-state index in [0.717, 1.165) is 0 Å². The summed E-state index contributed by atoms with van der Waals surface area (Å²) in [6, 6.07) is 0. The Labute approximate surface area is 64.6 Å². The maximum Gasteiger partial charge on any atom is 0.254 e. The average molecular weight is 148 g/mol. The Morgan fingerprint density at radius 3 is 3.00 bits per heavy atom. The van der Waals surface area contributed by atoms with Gasteiger partial charge in [0, 0.05) is 12.4 Å². The molecule has 0 aliphatic rings. The van der Waals surface area contributed by atoms with Crippen LogP contribution in [0.1, 0.15) is 0 Å². The van der Waals surface area contributed by atoms with Crippen LogP contribution in [0.15, 0.2) is 30.6 Å². The van der Waals surface area contributed by atoms with Gasteiger partial charge in [0.15, 0.2) is 0 Å². The number of nitrogens with zero attached hydrogens (tertiary/aromatic N) is 4. The van der Waals surface area contributed by atoms with Crippen molar-refractivity contribution in [2.75, 3.05) is 0 Å². The van der Waals surface area contributed by atoms with E-state index >= 15 is 0 Å². The lowest BCUT2D eigenvalue weighted by atomic mass is 10.7. The van der Waals surface area contributed by atoms with Gasteiger partial charge in [0.1, 0.15) is 6.33 Å². The van der Waals surface area contributed by atoms with Crippen molar-refractivity contribution in [1.29, 1.82) is 0 Å². The van der Waals surface area contributed by atoms with Crippen LogP contribution >= 0.6 is 0 Å². The summed E-state index contributed by atoms with van der Waals surface area (Å²) < 4.78 is 1.61. The fraction of sp³-hybridized carbons (Fsp3) is 0. The van der Waals surface area contributed by atoms with Crippen molar-refractivity contribution in [2.45, 2.75) is 0 Å². The Balaban J connectivity index is 2.92. The van der Waals surface area contributed by atoms with Crippen molar-refractivity contribution in [3.63, 3.8) is 0 Å². The molecule has 1 heterocycles. The monoisotopic (exact) mass is 148 g/mol. The Hall–Kier alpha value is -1.71. The first kappa shape index (κ1) is 7.40. The summed E-state index contributed by atoms with van der Waals surface area (Å²) in [5.41, 5.74) is 0. The molecule has 0 atom stereocenters. The summed E-state index contributed by atoms with van der Waals surface area (Å²) in [4.78, 5) is 3.93. The molecule has 0 aliphatic carbocycles. The van der Waals surface area contributed by atoms with Gasteiger partial charge in [-0.2, -0.15) is 0 Å². The largest absolute Gasteiger partial charge is 0.274 e. The summed E-state index contributed by atoms with van der Waals surface area (Å²) in [5, 5.41) is 7.36. The lowest BCUT2D eigenvalue weighted by Crippen LogP contribution is -1.80. The quantitative estimate of drug-likeness (QED) is 0.606. The van der Waals surface area contributed by atoms with Crippen molar-refractivity contribution in [1.82, 2.24) is 14.8 Å². The van der Waals surface area contributed by atoms with E-state index in [9.17, 15) is 0 Å². The zero-order chi connectivity index (χ0) is 8.10. The zero-order valence-corrected chi connectivity index (χ0v) is 6.01. The minimum atomic E-state index is 0.500. The van der Waals surface area contributed by atoms with Gasteiger partial charge in [0.05, 0.1) is 0 Å². The second kappa shape index (κ2) is 3.46. The van der Waals surface area contributed by atoms with E-state index in [1.165, 1.54) is 6.33 Å². The number of aromatic nitrogens is 3. The number of hydrogen-bond donors (Lipinski definition) is 0. The average Bonchev–Trinajstić information content (AvgIpc) is 2.47. The van der Waals surface area contributed by atoms with Gasteiger partial charge < -0.3 is 0 Å². The third-order valence-electron chi connectivity index (χ3n) is 1.05. The molecule has 0 spiro atoms. The van der Waals surface area contributed by atoms with Crippen molar-refractivity contribution >= 4 is 18.4 Å². The Morgan fingerprint density at radius 2 is 2.36 bits per heavy atom. The highest BCUT2D eigenvalue weighted by Gasteiger charge is 1.94. The predicted octanol–water partition coefficient (Wildman–Crippen LogP) is 1.27. The van der Waals surface area contributed by atoms with Crippen LogP contribution in [0.25, 0.3) is 6.20 Å². The molecule has 11 heavy (non-hydrogen) atoms. The summed E-state index contributed by atoms with van der Waals surface area (Å²) in [6.07, 6.45) is 6.23. The molecule has 0 aromatic carbocycles. The van der Waals surface area contributed by atoms with Crippen LogP contribution in [0.5, 0.6) is 0 Å². The van der Waals surface area contributed by atoms with Crippen LogP contribution < -0.4 is 0 Å². The maximum atomic E-state index is 3.93. The lowest BCUT2D eigenvalue weighted by Gasteiger charge is -1.89. The number of aliphatic imine (C=N–C) groups is 1. The molecule has 56 valence electrons. The summed E-state index contributed by atoms with van der Waals surface area (Å²) in [5.74, 6) is 0.500. The highest BCUT2D eigenvalue weighted by molar-refractivity contribution is 5.72. The van der Waals surface area contributed by atoms with Gasteiger partial charge in [0.2, 0.25) is 0 Å². The molecule has 0 radical (unpaired) electrons. The topological polar surface area (TPSA) is 43.1 Å². The lowest BCUT2D eigenvalue weighted by molar-refractivity contribution is 1.08. The molecule has 0 saturated heterocycles. The number of rotatable bonds is 3. The van der Waals surface area contributed by atoms with Crippen LogP contribution in [0.3, 0.4) is 0 Å². The van der Waals surface area contributed by atoms with Crippen LogP contribution in [-0.2, 0) is 0 Å². The summed E-state index contributed by atoms with van der Waals surface area (Å²) >= 11 is 0. The molecule has 4 nitrogen and oxygen atoms in total. The van der Waals surface area contributed by atoms with Crippen LogP contribution in [0.2, 0.25) is 0 Å². The minimum absolute atomic E-state index is 0.500. The fourth-order valence-corrected chi connectivity index (χ4v) is 0.577. The van der Waals surface area contributed by atoms with Gasteiger partial charge in [-0.05, 0) is 0 Å². The van der Waals surface area contributed by atoms with Crippen molar-refractivity contribution in [3.8, 4) is 0 Å². The first-order valence-corrected chi connectivity index (χ1v) is 3.05. The maximum absolute atomic E-state index is 3.93. The Kier molecular flexibility index (Phi) is 2.32. The molecule has 0 unspecified atom stereocenters. The third-order valence-corrected chi connectivity index (χ3v) is 1.05. The van der Waals surface area contributed by atoms with Crippen molar-refractivity contribution in [2.24, 2.45) is 4.99 Å². The summed E-state index contributed by atoms with van der Waals surface area (Å²) in [6.45, 7) is 7.04. The van der Waals surface area contributed by atoms with E-state index in [1.807, 2.05) is 0 Å². The molecule has 1 rings (SSSR count). The van der Waals surface area contributed by atoms with Crippen LogP contribution in [-0.4, -0.2) is 21.0 Å². The molecule has 1 aromatic heterocycles. The predicted molar refractivity (Wildman–Crippen MR) is 44.8 cm³/mol. The highest BCUT2D eigenvalue weighted by atomic mass is 15.3. The van der Waals surface area contributed by atoms with E-state index in [4.69, 9.17) is 0 Å². The van der Waals surface area contributed by atoms with Crippen molar-refractivity contribution in [3.05, 3.63) is 25.6 Å². The molecular formula is C7H8N4. The standard InChI is InChI=1S/C7H8N4/c1-3-5-8-7-10-9-6-11(7)4-2/h3-6H,1-2H2. The van der Waals surface area contributed by atoms with E-state index in [2.05, 4.69) is 28.3 Å². The van der Waals surface area contributed by atoms with E-state index in [1.54, 1.807) is 23.1 Å². The fourth-order valence-electron chi connectivity index (χ4n) is 0.577. The molecule has 0 bridgehead atoms. The van der Waals surface area contributed by atoms with Gasteiger partial charge in [-0.25, -0.2) is 4.99 Å². The second-order valence-corrected chi connectivity index (χ2v) is 1.73. The molecule has 1 aromatic rings. The van der Waals surface area contributed by atoms with Gasteiger partial charge in [0.25, 0.3) is 5.95 Å². The zero-order valence-electron chi connectivity index (χ0n) is 6.01. The van der Waals surface area contributed by atoms with E-state index in [-0.39, 0.29) is 0 Å². The molecule has 0 amide bonds. The number of allylic oxidation sites excluding steroid dienone is 1. The molecular weight excluding hydrogens is 140 g/mol. The normalized spacial score (nSPS) is 10.2. The van der Waals surface area contributed by atoms with Crippen LogP contribution in [0.4, 0.5) is 5.95 Å². The second-order valence-electron chi connectivity index (χ2n) is 1.73. The Morgan fingerprint density at radius 1 is 1.55 bits per heavy atom. The molecule has 0 N–H and O–H groups in total.